The summed E-state index contributed by atoms with van der Waals surface area (Å²) < 4.78 is 0. The van der Waals surface area contributed by atoms with Crippen LogP contribution in [-0.2, 0) is 32.0 Å². The van der Waals surface area contributed by atoms with Crippen molar-refractivity contribution in [1.82, 2.24) is 37.1 Å². The molecule has 2 aromatic carbocycles. The van der Waals surface area contributed by atoms with Crippen LogP contribution in [0.15, 0.2) is 78.9 Å². The first-order valence-electron chi connectivity index (χ1n) is 16.1. The predicted molar refractivity (Wildman–Crippen MR) is 185 cm³/mol. The van der Waals surface area contributed by atoms with Gasteiger partial charge in [-0.2, -0.15) is 0 Å². The number of hydrogen-bond acceptors (Lipinski definition) is 9. The van der Waals surface area contributed by atoms with E-state index < -0.39 is 71.4 Å². The summed E-state index contributed by atoms with van der Waals surface area (Å²) in [5.41, 5.74) is 5.37. The lowest BCUT2D eigenvalue weighted by molar-refractivity contribution is -0.130. The number of benzene rings is 2. The Labute approximate surface area is 290 Å². The van der Waals surface area contributed by atoms with Gasteiger partial charge in [0.25, 0.3) is 23.6 Å². The number of carbonyl (C=O) groups excluding carboxylic acids is 6. The summed E-state index contributed by atoms with van der Waals surface area (Å²) >= 11 is 0. The molecule has 0 bridgehead atoms. The van der Waals surface area contributed by atoms with Gasteiger partial charge in [0.15, 0.2) is 0 Å². The van der Waals surface area contributed by atoms with Crippen LogP contribution in [0.1, 0.15) is 59.8 Å². The third kappa shape index (κ3) is 11.2. The van der Waals surface area contributed by atoms with E-state index in [0.29, 0.717) is 0 Å². The van der Waals surface area contributed by atoms with E-state index in [1.807, 2.05) is 12.1 Å². The Morgan fingerprint density at radius 1 is 0.520 bits per heavy atom. The highest BCUT2D eigenvalue weighted by Crippen LogP contribution is 2.11. The standard InChI is InChI=1S/C35H45N9O6/c1-20(2)28(34(49)39-26(32(47)43-36)18-22-12-7-5-8-13-22)41-30(45)24-16-11-17-25(38-24)31(46)42-29(21(3)4)35(50)40-27(33(48)44-37)19-23-14-9-6-10-15-23/h5-17,20-21,26-29H,18-19,36-37H2,1-4H3,(H,39,49)(H,40,50)(H,41,45)(H,42,46)(H,43,47)(H,44,48)/t26-,27-,28-,29-/m0/s1. The van der Waals surface area contributed by atoms with Gasteiger partial charge in [-0.15, -0.1) is 0 Å². The van der Waals surface area contributed by atoms with Gasteiger partial charge in [0.2, 0.25) is 11.8 Å². The topological polar surface area (TPSA) is 240 Å². The lowest BCUT2D eigenvalue weighted by Crippen LogP contribution is -2.57. The molecule has 3 rings (SSSR count). The monoisotopic (exact) mass is 687 g/mol. The largest absolute Gasteiger partial charge is 0.342 e. The zero-order chi connectivity index (χ0) is 36.8. The quantitative estimate of drug-likeness (QED) is 0.0575. The number of aromatic nitrogens is 1. The second-order valence-electron chi connectivity index (χ2n) is 12.3. The number of nitrogens with one attached hydrogen (secondary N) is 6. The molecule has 0 aliphatic heterocycles. The Balaban J connectivity index is 1.71. The first-order valence-corrected chi connectivity index (χ1v) is 16.1. The molecule has 15 heteroatoms. The van der Waals surface area contributed by atoms with Gasteiger partial charge < -0.3 is 21.3 Å². The minimum atomic E-state index is -1.07. The molecule has 50 heavy (non-hydrogen) atoms. The second kappa shape index (κ2) is 18.8. The molecule has 3 aromatic rings. The predicted octanol–water partition coefficient (Wildman–Crippen LogP) is 0.0252. The Morgan fingerprint density at radius 3 is 1.20 bits per heavy atom. The average Bonchev–Trinajstić information content (AvgIpc) is 3.11. The lowest BCUT2D eigenvalue weighted by atomic mass is 10.0. The molecule has 0 saturated carbocycles. The van der Waals surface area contributed by atoms with Crippen molar-refractivity contribution in [3.05, 3.63) is 101 Å². The van der Waals surface area contributed by atoms with Crippen LogP contribution in [0.2, 0.25) is 0 Å². The van der Waals surface area contributed by atoms with Crippen molar-refractivity contribution in [2.24, 2.45) is 23.5 Å². The van der Waals surface area contributed by atoms with E-state index in [2.05, 4.69) is 37.1 Å². The van der Waals surface area contributed by atoms with E-state index in [4.69, 9.17) is 11.7 Å². The van der Waals surface area contributed by atoms with Gasteiger partial charge in [-0.05, 0) is 35.1 Å². The maximum Gasteiger partial charge on any atom is 0.270 e. The minimum Gasteiger partial charge on any atom is -0.342 e. The van der Waals surface area contributed by atoms with Gasteiger partial charge in [0.1, 0.15) is 35.6 Å². The fourth-order valence-corrected chi connectivity index (χ4v) is 5.03. The van der Waals surface area contributed by atoms with Gasteiger partial charge in [0, 0.05) is 12.8 Å². The summed E-state index contributed by atoms with van der Waals surface area (Å²) in [6.07, 6.45) is 0.326. The van der Waals surface area contributed by atoms with Crippen LogP contribution in [0.25, 0.3) is 0 Å². The van der Waals surface area contributed by atoms with E-state index in [9.17, 15) is 28.8 Å². The Morgan fingerprint density at radius 2 is 0.880 bits per heavy atom. The Hall–Kier alpha value is -5.67. The zero-order valence-electron chi connectivity index (χ0n) is 28.4. The SMILES string of the molecule is CC(C)[C@H](NC(=O)c1cccc(C(=O)N[C@H](C(=O)N[C@@H](Cc2ccccc2)C(=O)NN)C(C)C)n1)C(=O)N[C@@H](Cc1ccccc1)C(=O)NN. The first-order chi connectivity index (χ1) is 23.8. The number of hydrazine groups is 2. The summed E-state index contributed by atoms with van der Waals surface area (Å²) in [4.78, 5) is 82.5. The molecule has 10 N–H and O–H groups in total. The molecule has 0 radical (unpaired) electrons. The lowest BCUT2D eigenvalue weighted by Gasteiger charge is -2.25. The van der Waals surface area contributed by atoms with Gasteiger partial charge in [-0.25, -0.2) is 16.7 Å². The van der Waals surface area contributed by atoms with Crippen molar-refractivity contribution in [3.63, 3.8) is 0 Å². The van der Waals surface area contributed by atoms with E-state index in [-0.39, 0.29) is 24.2 Å². The van der Waals surface area contributed by atoms with Crippen LogP contribution in [0.3, 0.4) is 0 Å². The molecule has 6 amide bonds. The zero-order valence-corrected chi connectivity index (χ0v) is 28.4. The third-order valence-corrected chi connectivity index (χ3v) is 7.80. The molecule has 0 fully saturated rings. The summed E-state index contributed by atoms with van der Waals surface area (Å²) in [6, 6.07) is 18.1. The molecule has 1 heterocycles. The molecule has 0 aliphatic carbocycles. The molecule has 15 nitrogen and oxygen atoms in total. The van der Waals surface area contributed by atoms with Crippen molar-refractivity contribution >= 4 is 35.4 Å². The summed E-state index contributed by atoms with van der Waals surface area (Å²) in [5, 5.41) is 10.6. The van der Waals surface area contributed by atoms with Crippen LogP contribution in [0.5, 0.6) is 0 Å². The van der Waals surface area contributed by atoms with E-state index >= 15 is 0 Å². The number of carbonyl (C=O) groups is 6. The van der Waals surface area contributed by atoms with Gasteiger partial charge in [-0.1, -0.05) is 94.4 Å². The summed E-state index contributed by atoms with van der Waals surface area (Å²) in [7, 11) is 0. The number of amides is 6. The fraction of sp³-hybridized carbons (Fsp3) is 0.343. The van der Waals surface area contributed by atoms with E-state index in [0.717, 1.165) is 11.1 Å². The third-order valence-electron chi connectivity index (χ3n) is 7.80. The maximum atomic E-state index is 13.3. The van der Waals surface area contributed by atoms with Gasteiger partial charge in [-0.3, -0.25) is 39.6 Å². The van der Waals surface area contributed by atoms with Gasteiger partial charge >= 0.3 is 0 Å². The van der Waals surface area contributed by atoms with Crippen LogP contribution >= 0.6 is 0 Å². The molecular weight excluding hydrogens is 642 g/mol. The van der Waals surface area contributed by atoms with E-state index in [1.54, 1.807) is 76.2 Å². The van der Waals surface area contributed by atoms with Crippen molar-refractivity contribution in [2.45, 2.75) is 64.7 Å². The van der Waals surface area contributed by atoms with Crippen LogP contribution in [0.4, 0.5) is 0 Å². The van der Waals surface area contributed by atoms with Crippen LogP contribution in [0, 0.1) is 11.8 Å². The highest BCUT2D eigenvalue weighted by molar-refractivity contribution is 6.00. The summed E-state index contributed by atoms with van der Waals surface area (Å²) in [6.45, 7) is 6.87. The van der Waals surface area contributed by atoms with Crippen LogP contribution in [-0.4, -0.2) is 64.6 Å². The number of pyridine rings is 1. The van der Waals surface area contributed by atoms with Crippen molar-refractivity contribution < 1.29 is 28.8 Å². The van der Waals surface area contributed by atoms with Crippen molar-refractivity contribution in [1.29, 1.82) is 0 Å². The minimum absolute atomic E-state index is 0.162. The number of nitrogens with zero attached hydrogens (tertiary/aromatic N) is 1. The number of nitrogens with two attached hydrogens (primary N) is 2. The summed E-state index contributed by atoms with van der Waals surface area (Å²) in [5.74, 6) is 5.96. The van der Waals surface area contributed by atoms with E-state index in [1.165, 1.54) is 18.2 Å². The molecule has 0 unspecified atom stereocenters. The highest BCUT2D eigenvalue weighted by Gasteiger charge is 2.31. The fourth-order valence-electron chi connectivity index (χ4n) is 5.03. The van der Waals surface area contributed by atoms with Crippen molar-refractivity contribution in [3.8, 4) is 0 Å². The molecule has 266 valence electrons. The number of hydrogen-bond donors (Lipinski definition) is 8. The second-order valence-corrected chi connectivity index (χ2v) is 12.3. The Bertz CT molecular complexity index is 1520. The average molecular weight is 688 g/mol. The Kier molecular flexibility index (Phi) is 14.5. The molecule has 0 spiro atoms. The normalized spacial score (nSPS) is 13.3. The smallest absolute Gasteiger partial charge is 0.270 e. The highest BCUT2D eigenvalue weighted by atomic mass is 16.2. The van der Waals surface area contributed by atoms with Crippen molar-refractivity contribution in [2.75, 3.05) is 0 Å². The van der Waals surface area contributed by atoms with Gasteiger partial charge in [0.05, 0.1) is 0 Å². The molecular formula is C35H45N9O6. The number of rotatable bonds is 16. The molecule has 0 aliphatic rings. The molecule has 4 atom stereocenters. The maximum absolute atomic E-state index is 13.3. The first kappa shape index (κ1) is 38.8. The molecule has 1 aromatic heterocycles. The van der Waals surface area contributed by atoms with Crippen LogP contribution < -0.4 is 43.8 Å². The molecule has 0 saturated heterocycles.